The standard InChI is InChI=1S/C26H33N5O3/c1-28-10-12-29(13-11-28)26(34)24-21(16-32)20-15-30-22(23(20)31(24)14-17-2-3-17)5-4-19(25(30)33)18-6-8-27-9-7-18/h4-9,17,20-21,23-24,32H,2-3,10-16H2,1H3/t20-,21-,23+,24-/m0/s1. The van der Waals surface area contributed by atoms with E-state index in [-0.39, 0.29) is 42.0 Å². The second-order valence-corrected chi connectivity index (χ2v) is 10.5. The van der Waals surface area contributed by atoms with Crippen LogP contribution in [0, 0.1) is 17.8 Å². The molecule has 2 aromatic heterocycles. The summed E-state index contributed by atoms with van der Waals surface area (Å²) in [5.41, 5.74) is 2.53. The number of piperazine rings is 1. The number of aliphatic hydroxyl groups excluding tert-OH is 1. The third-order valence-corrected chi connectivity index (χ3v) is 8.42. The lowest BCUT2D eigenvalue weighted by Gasteiger charge is -2.38. The summed E-state index contributed by atoms with van der Waals surface area (Å²) in [6, 6.07) is 7.40. The van der Waals surface area contributed by atoms with E-state index in [9.17, 15) is 14.7 Å². The number of hydrogen-bond acceptors (Lipinski definition) is 6. The topological polar surface area (TPSA) is 81.9 Å². The van der Waals surface area contributed by atoms with Crippen LogP contribution in [0.25, 0.3) is 11.1 Å². The zero-order valence-corrected chi connectivity index (χ0v) is 19.7. The van der Waals surface area contributed by atoms with Gasteiger partial charge in [-0.25, -0.2) is 0 Å². The van der Waals surface area contributed by atoms with Crippen molar-refractivity contribution in [3.63, 3.8) is 0 Å². The van der Waals surface area contributed by atoms with E-state index in [0.29, 0.717) is 18.0 Å². The number of carbonyl (C=O) groups excluding carboxylic acids is 1. The predicted octanol–water partition coefficient (Wildman–Crippen LogP) is 1.06. The lowest BCUT2D eigenvalue weighted by atomic mass is 9.88. The van der Waals surface area contributed by atoms with E-state index < -0.39 is 0 Å². The van der Waals surface area contributed by atoms with Gasteiger partial charge in [0.2, 0.25) is 5.91 Å². The molecule has 1 saturated carbocycles. The molecule has 0 unspecified atom stereocenters. The number of likely N-dealkylation sites (tertiary alicyclic amines) is 1. The van der Waals surface area contributed by atoms with Crippen molar-refractivity contribution in [3.8, 4) is 11.1 Å². The zero-order chi connectivity index (χ0) is 23.4. The summed E-state index contributed by atoms with van der Waals surface area (Å²) in [6.07, 6.45) is 5.80. The van der Waals surface area contributed by atoms with Crippen LogP contribution in [0.15, 0.2) is 41.5 Å². The molecule has 0 aromatic carbocycles. The summed E-state index contributed by atoms with van der Waals surface area (Å²) in [5.74, 6) is 0.660. The van der Waals surface area contributed by atoms with Gasteiger partial charge < -0.3 is 19.5 Å². The first-order valence-corrected chi connectivity index (χ1v) is 12.5. The van der Waals surface area contributed by atoms with Crippen molar-refractivity contribution >= 4 is 5.91 Å². The molecule has 4 atom stereocenters. The normalized spacial score (nSPS) is 29.3. The molecule has 8 heteroatoms. The number of pyridine rings is 2. The van der Waals surface area contributed by atoms with Crippen molar-refractivity contribution in [2.75, 3.05) is 46.4 Å². The smallest absolute Gasteiger partial charge is 0.258 e. The van der Waals surface area contributed by atoms with Crippen molar-refractivity contribution in [2.24, 2.45) is 17.8 Å². The third-order valence-electron chi connectivity index (χ3n) is 8.42. The quantitative estimate of drug-likeness (QED) is 0.714. The number of aromatic nitrogens is 2. The minimum absolute atomic E-state index is 0.00152. The first-order chi connectivity index (χ1) is 16.6. The van der Waals surface area contributed by atoms with Crippen molar-refractivity contribution in [1.29, 1.82) is 0 Å². The number of rotatable bonds is 5. The van der Waals surface area contributed by atoms with Crippen LogP contribution in [0.3, 0.4) is 0 Å². The van der Waals surface area contributed by atoms with E-state index in [1.165, 1.54) is 12.8 Å². The van der Waals surface area contributed by atoms with E-state index in [2.05, 4.69) is 27.9 Å². The largest absolute Gasteiger partial charge is 0.396 e. The van der Waals surface area contributed by atoms with Crippen LogP contribution in [0.1, 0.15) is 24.6 Å². The highest BCUT2D eigenvalue weighted by Gasteiger charge is 2.57. The highest BCUT2D eigenvalue weighted by atomic mass is 16.3. The van der Waals surface area contributed by atoms with Gasteiger partial charge in [-0.1, -0.05) is 0 Å². The Labute approximate surface area is 199 Å². The lowest BCUT2D eigenvalue weighted by Crippen LogP contribution is -2.55. The van der Waals surface area contributed by atoms with E-state index in [4.69, 9.17) is 0 Å². The summed E-state index contributed by atoms with van der Waals surface area (Å²) in [5, 5.41) is 10.5. The molecule has 6 rings (SSSR count). The Kier molecular flexibility index (Phi) is 5.54. The van der Waals surface area contributed by atoms with Gasteiger partial charge >= 0.3 is 0 Å². The maximum Gasteiger partial charge on any atom is 0.258 e. The molecule has 1 aliphatic carbocycles. The Morgan fingerprint density at radius 2 is 1.82 bits per heavy atom. The van der Waals surface area contributed by atoms with Crippen LogP contribution < -0.4 is 5.56 Å². The van der Waals surface area contributed by atoms with Crippen LogP contribution in [0.2, 0.25) is 0 Å². The number of amides is 1. The molecular weight excluding hydrogens is 430 g/mol. The molecule has 3 fully saturated rings. The average molecular weight is 464 g/mol. The first-order valence-electron chi connectivity index (χ1n) is 12.5. The third kappa shape index (κ3) is 3.59. The van der Waals surface area contributed by atoms with Crippen LogP contribution in [-0.2, 0) is 11.3 Å². The minimum atomic E-state index is -0.312. The fourth-order valence-electron chi connectivity index (χ4n) is 6.36. The van der Waals surface area contributed by atoms with Gasteiger partial charge in [-0.05, 0) is 55.6 Å². The summed E-state index contributed by atoms with van der Waals surface area (Å²) in [4.78, 5) is 38.0. The van der Waals surface area contributed by atoms with Crippen molar-refractivity contribution in [3.05, 3.63) is 52.7 Å². The Bertz CT molecular complexity index is 1120. The SMILES string of the molecule is CN1CCN(C(=O)[C@@H]2[C@@H](CO)[C@@H]3Cn4c(ccc(-c5ccncc5)c4=O)[C@@H]3N2CC2CC2)CC1. The van der Waals surface area contributed by atoms with Crippen LogP contribution in [0.5, 0.6) is 0 Å². The Morgan fingerprint density at radius 1 is 1.09 bits per heavy atom. The van der Waals surface area contributed by atoms with Gasteiger partial charge in [0.1, 0.15) is 0 Å². The van der Waals surface area contributed by atoms with Gasteiger partial charge in [0.25, 0.3) is 5.56 Å². The number of hydrogen-bond donors (Lipinski definition) is 1. The van der Waals surface area contributed by atoms with Gasteiger partial charge in [-0.3, -0.25) is 19.5 Å². The average Bonchev–Trinajstić information content (AvgIpc) is 3.52. The highest BCUT2D eigenvalue weighted by molar-refractivity contribution is 5.83. The molecular formula is C26H33N5O3. The van der Waals surface area contributed by atoms with E-state index >= 15 is 0 Å². The second kappa shape index (κ2) is 8.59. The minimum Gasteiger partial charge on any atom is -0.396 e. The first kappa shape index (κ1) is 21.9. The summed E-state index contributed by atoms with van der Waals surface area (Å²) < 4.78 is 1.89. The maximum atomic E-state index is 13.8. The Hall–Kier alpha value is -2.55. The zero-order valence-electron chi connectivity index (χ0n) is 19.7. The molecule has 3 aliphatic heterocycles. The fraction of sp³-hybridized carbons (Fsp3) is 0.577. The Morgan fingerprint density at radius 3 is 2.50 bits per heavy atom. The van der Waals surface area contributed by atoms with Crippen LogP contribution in [0.4, 0.5) is 0 Å². The van der Waals surface area contributed by atoms with Crippen molar-refractivity contribution < 1.29 is 9.90 Å². The molecule has 0 spiro atoms. The number of fused-ring (bicyclic) bond motifs is 3. The number of carbonyl (C=O) groups is 1. The highest BCUT2D eigenvalue weighted by Crippen LogP contribution is 2.51. The van der Waals surface area contributed by atoms with Crippen molar-refractivity contribution in [1.82, 2.24) is 24.3 Å². The van der Waals surface area contributed by atoms with Gasteiger partial charge in [0, 0.05) is 81.4 Å². The van der Waals surface area contributed by atoms with Gasteiger partial charge in [0.15, 0.2) is 0 Å². The molecule has 0 radical (unpaired) electrons. The number of likely N-dealkylation sites (N-methyl/N-ethyl adjacent to an activating group) is 1. The van der Waals surface area contributed by atoms with Crippen LogP contribution in [-0.4, -0.2) is 87.7 Å². The second-order valence-electron chi connectivity index (χ2n) is 10.5. The maximum absolute atomic E-state index is 13.8. The molecule has 0 bridgehead atoms. The van der Waals surface area contributed by atoms with Crippen molar-refractivity contribution in [2.45, 2.75) is 31.5 Å². The molecule has 2 aromatic rings. The van der Waals surface area contributed by atoms with Gasteiger partial charge in [-0.15, -0.1) is 0 Å². The van der Waals surface area contributed by atoms with E-state index in [1.54, 1.807) is 12.4 Å². The predicted molar refractivity (Wildman–Crippen MR) is 128 cm³/mol. The van der Waals surface area contributed by atoms with E-state index in [0.717, 1.165) is 44.0 Å². The van der Waals surface area contributed by atoms with Gasteiger partial charge in [-0.2, -0.15) is 0 Å². The molecule has 8 nitrogen and oxygen atoms in total. The molecule has 1 amide bonds. The molecule has 4 aliphatic rings. The molecule has 180 valence electrons. The molecule has 34 heavy (non-hydrogen) atoms. The van der Waals surface area contributed by atoms with Crippen LogP contribution >= 0.6 is 0 Å². The fourth-order valence-corrected chi connectivity index (χ4v) is 6.36. The molecule has 5 heterocycles. The summed E-state index contributed by atoms with van der Waals surface area (Å²) in [7, 11) is 2.09. The number of nitrogens with zero attached hydrogens (tertiary/aromatic N) is 5. The number of aliphatic hydroxyl groups is 1. The molecule has 2 saturated heterocycles. The monoisotopic (exact) mass is 463 g/mol. The Balaban J connectivity index is 1.36. The summed E-state index contributed by atoms with van der Waals surface area (Å²) >= 11 is 0. The van der Waals surface area contributed by atoms with Gasteiger partial charge in [0.05, 0.1) is 12.1 Å². The lowest BCUT2D eigenvalue weighted by molar-refractivity contribution is -0.140. The summed E-state index contributed by atoms with van der Waals surface area (Å²) in [6.45, 7) is 4.62. The molecule has 1 N–H and O–H groups in total. The van der Waals surface area contributed by atoms with E-state index in [1.807, 2.05) is 27.7 Å².